The van der Waals surface area contributed by atoms with Gasteiger partial charge in [-0.15, -0.1) is 0 Å². The van der Waals surface area contributed by atoms with Crippen molar-refractivity contribution in [2.24, 2.45) is 0 Å². The zero-order chi connectivity index (χ0) is 13.7. The second kappa shape index (κ2) is 12.8. The maximum atomic E-state index is 4.26. The van der Waals surface area contributed by atoms with Crippen LogP contribution in [0.1, 0.15) is 55.2 Å². The second-order valence-corrected chi connectivity index (χ2v) is 3.05. The van der Waals surface area contributed by atoms with Crippen molar-refractivity contribution >= 4 is 11.0 Å². The van der Waals surface area contributed by atoms with Gasteiger partial charge in [0.25, 0.3) is 0 Å². The third-order valence-corrected chi connectivity index (χ3v) is 1.51. The number of hydrogen-bond acceptors (Lipinski definition) is 1. The van der Waals surface area contributed by atoms with Crippen LogP contribution in [-0.4, -0.2) is 9.97 Å². The average molecular weight is 238 g/mol. The van der Waals surface area contributed by atoms with Crippen LogP contribution < -0.4 is 0 Å². The molecule has 2 aromatic rings. The number of imidazole rings is 1. The number of hydrogen-bond donors (Lipinski definition) is 1. The number of nitrogens with zero attached hydrogens (tertiary/aromatic N) is 1. The zero-order valence-electron chi connectivity index (χ0n) is 12.5. The summed E-state index contributed by atoms with van der Waals surface area (Å²) in [7, 11) is 0. The Balaban J connectivity index is -0.000000245. The monoisotopic (exact) mass is 238 g/mol. The topological polar surface area (TPSA) is 28.7 Å². The van der Waals surface area contributed by atoms with Gasteiger partial charge in [-0.2, -0.15) is 0 Å². The first-order chi connectivity index (χ1) is 8.27. The van der Waals surface area contributed by atoms with Crippen LogP contribution >= 0.6 is 0 Å². The lowest BCUT2D eigenvalue weighted by Crippen LogP contribution is -1.68. The molecule has 0 aliphatic rings. The van der Waals surface area contributed by atoms with Gasteiger partial charge in [0.05, 0.1) is 11.0 Å². The molecule has 0 bridgehead atoms. The third kappa shape index (κ3) is 7.56. The number of rotatable bonds is 0. The Bertz CT molecular complexity index is 336. The van der Waals surface area contributed by atoms with Crippen LogP contribution in [-0.2, 0) is 0 Å². The van der Waals surface area contributed by atoms with Gasteiger partial charge < -0.3 is 4.98 Å². The van der Waals surface area contributed by atoms with E-state index in [1.165, 1.54) is 6.42 Å². The van der Waals surface area contributed by atoms with Gasteiger partial charge in [-0.05, 0) is 19.1 Å². The average Bonchev–Trinajstić information content (AvgIpc) is 2.75. The van der Waals surface area contributed by atoms with E-state index in [2.05, 4.69) is 23.8 Å². The predicted molar refractivity (Wildman–Crippen MR) is 81.6 cm³/mol. The Kier molecular flexibility index (Phi) is 13.6. The molecule has 17 heavy (non-hydrogen) atoms. The molecule has 1 aromatic heterocycles. The predicted octanol–water partition coefficient (Wildman–Crippen LogP) is 5.59. The number of para-hydroxylation sites is 2. The fourth-order valence-electron chi connectivity index (χ4n) is 1.08. The number of H-pyrrole nitrogens is 1. The minimum atomic E-state index is 0. The largest absolute Gasteiger partial charge is 0.342 e. The SMILES string of the molecule is CC.CC.CCC.Cc1nc2ccccc2[nH]1.[HH]. The maximum absolute atomic E-state index is 4.26. The van der Waals surface area contributed by atoms with Gasteiger partial charge >= 0.3 is 0 Å². The first kappa shape index (κ1) is 18.1. The van der Waals surface area contributed by atoms with E-state index in [-0.39, 0.29) is 1.43 Å². The van der Waals surface area contributed by atoms with E-state index >= 15 is 0 Å². The van der Waals surface area contributed by atoms with Crippen molar-refractivity contribution in [2.45, 2.75) is 54.9 Å². The van der Waals surface area contributed by atoms with Crippen LogP contribution in [0.4, 0.5) is 0 Å². The Morgan fingerprint density at radius 1 is 1.06 bits per heavy atom. The number of aryl methyl sites for hydroxylation is 1. The minimum absolute atomic E-state index is 0. The molecule has 100 valence electrons. The fraction of sp³-hybridized carbons (Fsp3) is 0.533. The molecule has 0 radical (unpaired) electrons. The highest BCUT2D eigenvalue weighted by Gasteiger charge is 1.93. The number of nitrogens with one attached hydrogen (secondary N) is 1. The lowest BCUT2D eigenvalue weighted by molar-refractivity contribution is 1.09. The molecule has 0 aliphatic heterocycles. The van der Waals surface area contributed by atoms with Crippen LogP contribution in [0, 0.1) is 6.92 Å². The quantitative estimate of drug-likeness (QED) is 0.637. The van der Waals surface area contributed by atoms with Crippen molar-refractivity contribution < 1.29 is 1.43 Å². The van der Waals surface area contributed by atoms with E-state index in [0.717, 1.165) is 16.9 Å². The van der Waals surface area contributed by atoms with E-state index in [4.69, 9.17) is 0 Å². The van der Waals surface area contributed by atoms with Crippen LogP contribution in [0.25, 0.3) is 11.0 Å². The van der Waals surface area contributed by atoms with E-state index in [0.29, 0.717) is 0 Å². The molecule has 1 heterocycles. The summed E-state index contributed by atoms with van der Waals surface area (Å²) >= 11 is 0. The molecule has 0 atom stereocenters. The van der Waals surface area contributed by atoms with Crippen LogP contribution in [0.5, 0.6) is 0 Å². The smallest absolute Gasteiger partial charge is 0.104 e. The number of aromatic nitrogens is 2. The summed E-state index contributed by atoms with van der Waals surface area (Å²) in [5.41, 5.74) is 2.15. The highest BCUT2D eigenvalue weighted by molar-refractivity contribution is 5.74. The molecule has 2 nitrogen and oxygen atoms in total. The van der Waals surface area contributed by atoms with Crippen LogP contribution in [0.3, 0.4) is 0 Å². The fourth-order valence-corrected chi connectivity index (χ4v) is 1.08. The van der Waals surface area contributed by atoms with E-state index in [1.54, 1.807) is 0 Å². The summed E-state index contributed by atoms with van der Waals surface area (Å²) in [6, 6.07) is 8.01. The molecule has 0 aliphatic carbocycles. The van der Waals surface area contributed by atoms with Gasteiger partial charge in [-0.25, -0.2) is 4.98 Å². The lowest BCUT2D eigenvalue weighted by Gasteiger charge is -1.81. The van der Waals surface area contributed by atoms with Gasteiger partial charge in [0.15, 0.2) is 0 Å². The van der Waals surface area contributed by atoms with Crippen molar-refractivity contribution in [1.29, 1.82) is 0 Å². The van der Waals surface area contributed by atoms with Gasteiger partial charge in [0, 0.05) is 1.43 Å². The number of aromatic amines is 1. The molecule has 0 fully saturated rings. The normalized spacial score (nSPS) is 7.94. The summed E-state index contributed by atoms with van der Waals surface area (Å²) in [6.07, 6.45) is 1.25. The van der Waals surface area contributed by atoms with Crippen molar-refractivity contribution in [2.75, 3.05) is 0 Å². The summed E-state index contributed by atoms with van der Waals surface area (Å²) in [6.45, 7) is 14.2. The first-order valence-electron chi connectivity index (χ1n) is 6.69. The zero-order valence-corrected chi connectivity index (χ0v) is 12.5. The molecule has 0 spiro atoms. The molecule has 1 N–H and O–H groups in total. The first-order valence-corrected chi connectivity index (χ1v) is 6.69. The molecule has 0 saturated carbocycles. The van der Waals surface area contributed by atoms with Gasteiger partial charge in [-0.1, -0.05) is 60.1 Å². The summed E-state index contributed by atoms with van der Waals surface area (Å²) in [5, 5.41) is 0. The van der Waals surface area contributed by atoms with E-state index < -0.39 is 0 Å². The maximum Gasteiger partial charge on any atom is 0.104 e. The summed E-state index contributed by atoms with van der Waals surface area (Å²) in [4.78, 5) is 7.40. The molecular weight excluding hydrogens is 208 g/mol. The molecule has 0 amide bonds. The third-order valence-electron chi connectivity index (χ3n) is 1.51. The van der Waals surface area contributed by atoms with E-state index in [1.807, 2.05) is 58.9 Å². The number of fused-ring (bicyclic) bond motifs is 1. The Labute approximate surface area is 108 Å². The van der Waals surface area contributed by atoms with Crippen molar-refractivity contribution in [3.8, 4) is 0 Å². The Morgan fingerprint density at radius 2 is 1.53 bits per heavy atom. The molecule has 0 unspecified atom stereocenters. The van der Waals surface area contributed by atoms with Crippen molar-refractivity contribution in [1.82, 2.24) is 9.97 Å². The van der Waals surface area contributed by atoms with Crippen molar-refractivity contribution in [3.05, 3.63) is 30.1 Å². The minimum Gasteiger partial charge on any atom is -0.342 e. The molecule has 2 rings (SSSR count). The van der Waals surface area contributed by atoms with Crippen LogP contribution in [0.15, 0.2) is 24.3 Å². The Hall–Kier alpha value is -1.31. The highest BCUT2D eigenvalue weighted by atomic mass is 14.9. The van der Waals surface area contributed by atoms with Crippen LogP contribution in [0.2, 0.25) is 0 Å². The van der Waals surface area contributed by atoms with Crippen molar-refractivity contribution in [3.63, 3.8) is 0 Å². The van der Waals surface area contributed by atoms with Gasteiger partial charge in [0.2, 0.25) is 0 Å². The van der Waals surface area contributed by atoms with Gasteiger partial charge in [0.1, 0.15) is 5.82 Å². The highest BCUT2D eigenvalue weighted by Crippen LogP contribution is 2.08. The van der Waals surface area contributed by atoms with E-state index in [9.17, 15) is 0 Å². The molecular formula is C15H30N2. The lowest BCUT2D eigenvalue weighted by atomic mass is 10.3. The van der Waals surface area contributed by atoms with Gasteiger partial charge in [-0.3, -0.25) is 0 Å². The standard InChI is InChI=1S/C8H8N2.C3H8.2C2H6.H2/c1-6-9-7-4-2-3-5-8(7)10-6;1-3-2;2*1-2;/h2-5H,1H3,(H,9,10);3H2,1-2H3;2*1-2H3;1H. The molecule has 2 heteroatoms. The summed E-state index contributed by atoms with van der Waals surface area (Å²) in [5.74, 6) is 0.973. The summed E-state index contributed by atoms with van der Waals surface area (Å²) < 4.78 is 0. The Morgan fingerprint density at radius 3 is 2.00 bits per heavy atom. The number of benzene rings is 1. The molecule has 0 saturated heterocycles. The second-order valence-electron chi connectivity index (χ2n) is 3.05. The molecule has 1 aromatic carbocycles.